The molecule has 1 atom stereocenters. The summed E-state index contributed by atoms with van der Waals surface area (Å²) in [5.41, 5.74) is -0.188. The third-order valence-electron chi connectivity index (χ3n) is 4.88. The lowest BCUT2D eigenvalue weighted by atomic mass is 9.74. The van der Waals surface area contributed by atoms with Crippen molar-refractivity contribution in [2.24, 2.45) is 17.3 Å². The van der Waals surface area contributed by atoms with Crippen molar-refractivity contribution >= 4 is 5.91 Å². The molecule has 0 saturated carbocycles. The standard InChI is InChI=1S/C14H26N2O2/c1-11(2)14(5-6-15-10-14)13(18)16-7-3-12(9-17)4-8-16/h11-12,15,17H,3-10H2,1-2H3. The number of rotatable bonds is 3. The summed E-state index contributed by atoms with van der Waals surface area (Å²) in [4.78, 5) is 14.8. The molecule has 0 aromatic heterocycles. The molecule has 1 unspecified atom stereocenters. The van der Waals surface area contributed by atoms with E-state index < -0.39 is 0 Å². The van der Waals surface area contributed by atoms with E-state index in [1.165, 1.54) is 0 Å². The van der Waals surface area contributed by atoms with Crippen molar-refractivity contribution in [2.75, 3.05) is 32.8 Å². The Kier molecular flexibility index (Phi) is 4.28. The Morgan fingerprint density at radius 3 is 2.56 bits per heavy atom. The monoisotopic (exact) mass is 254 g/mol. The van der Waals surface area contributed by atoms with Gasteiger partial charge in [0.2, 0.25) is 5.91 Å². The average molecular weight is 254 g/mol. The van der Waals surface area contributed by atoms with Gasteiger partial charge in [0.05, 0.1) is 5.41 Å². The van der Waals surface area contributed by atoms with Gasteiger partial charge < -0.3 is 15.3 Å². The fourth-order valence-electron chi connectivity index (χ4n) is 3.27. The predicted octanol–water partition coefficient (Wildman–Crippen LogP) is 0.853. The Labute approximate surface area is 110 Å². The number of piperidine rings is 1. The van der Waals surface area contributed by atoms with E-state index in [1.54, 1.807) is 0 Å². The molecular formula is C14H26N2O2. The Balaban J connectivity index is 2.02. The van der Waals surface area contributed by atoms with Crippen LogP contribution in [0.3, 0.4) is 0 Å². The molecule has 0 aliphatic carbocycles. The van der Waals surface area contributed by atoms with Crippen LogP contribution in [0.1, 0.15) is 33.1 Å². The highest BCUT2D eigenvalue weighted by Gasteiger charge is 2.46. The van der Waals surface area contributed by atoms with Gasteiger partial charge in [-0.2, -0.15) is 0 Å². The number of nitrogens with one attached hydrogen (secondary N) is 1. The summed E-state index contributed by atoms with van der Waals surface area (Å²) in [6.45, 7) is 7.99. The molecule has 2 aliphatic heterocycles. The number of carbonyl (C=O) groups excluding carboxylic acids is 1. The number of nitrogens with zero attached hydrogens (tertiary/aromatic N) is 1. The van der Waals surface area contributed by atoms with E-state index in [1.807, 2.05) is 4.90 Å². The first-order chi connectivity index (χ1) is 8.60. The van der Waals surface area contributed by atoms with Crippen LogP contribution in [0, 0.1) is 17.3 Å². The van der Waals surface area contributed by atoms with Gasteiger partial charge in [0, 0.05) is 26.2 Å². The van der Waals surface area contributed by atoms with E-state index in [0.29, 0.717) is 17.7 Å². The first kappa shape index (κ1) is 13.8. The summed E-state index contributed by atoms with van der Waals surface area (Å²) in [5.74, 6) is 1.11. The van der Waals surface area contributed by atoms with E-state index in [0.717, 1.165) is 45.4 Å². The zero-order valence-electron chi connectivity index (χ0n) is 11.6. The first-order valence-corrected chi connectivity index (χ1v) is 7.21. The average Bonchev–Trinajstić information content (AvgIpc) is 2.88. The number of aliphatic hydroxyl groups is 1. The molecule has 2 N–H and O–H groups in total. The quantitative estimate of drug-likeness (QED) is 0.785. The molecule has 0 radical (unpaired) electrons. The molecule has 0 aromatic carbocycles. The zero-order chi connectivity index (χ0) is 13.2. The van der Waals surface area contributed by atoms with Crippen LogP contribution in [0.2, 0.25) is 0 Å². The van der Waals surface area contributed by atoms with Gasteiger partial charge >= 0.3 is 0 Å². The second-order valence-electron chi connectivity index (χ2n) is 6.16. The summed E-state index contributed by atoms with van der Waals surface area (Å²) >= 11 is 0. The molecule has 0 bridgehead atoms. The highest BCUT2D eigenvalue weighted by Crippen LogP contribution is 2.37. The van der Waals surface area contributed by atoms with Gasteiger partial charge in [-0.1, -0.05) is 13.8 Å². The molecule has 2 saturated heterocycles. The Morgan fingerprint density at radius 1 is 1.44 bits per heavy atom. The molecule has 2 heterocycles. The van der Waals surface area contributed by atoms with Crippen LogP contribution in [0.5, 0.6) is 0 Å². The van der Waals surface area contributed by atoms with Crippen molar-refractivity contribution in [3.05, 3.63) is 0 Å². The molecule has 2 aliphatic rings. The Morgan fingerprint density at radius 2 is 2.11 bits per heavy atom. The lowest BCUT2D eigenvalue weighted by Gasteiger charge is -2.39. The maximum Gasteiger partial charge on any atom is 0.230 e. The van der Waals surface area contributed by atoms with Crippen LogP contribution in [-0.4, -0.2) is 48.7 Å². The minimum Gasteiger partial charge on any atom is -0.396 e. The minimum absolute atomic E-state index is 0.188. The van der Waals surface area contributed by atoms with Crippen LogP contribution in [0.15, 0.2) is 0 Å². The van der Waals surface area contributed by atoms with Crippen LogP contribution in [-0.2, 0) is 4.79 Å². The largest absolute Gasteiger partial charge is 0.396 e. The van der Waals surface area contributed by atoms with Crippen LogP contribution < -0.4 is 5.32 Å². The van der Waals surface area contributed by atoms with Crippen molar-refractivity contribution in [3.63, 3.8) is 0 Å². The topological polar surface area (TPSA) is 52.6 Å². The number of likely N-dealkylation sites (tertiary alicyclic amines) is 1. The molecule has 4 heteroatoms. The Hall–Kier alpha value is -0.610. The molecule has 18 heavy (non-hydrogen) atoms. The van der Waals surface area contributed by atoms with Crippen molar-refractivity contribution < 1.29 is 9.90 Å². The third-order valence-corrected chi connectivity index (χ3v) is 4.88. The van der Waals surface area contributed by atoms with Gasteiger partial charge in [-0.25, -0.2) is 0 Å². The predicted molar refractivity (Wildman–Crippen MR) is 71.1 cm³/mol. The summed E-state index contributed by atoms with van der Waals surface area (Å²) in [6.07, 6.45) is 2.86. The maximum atomic E-state index is 12.8. The second-order valence-corrected chi connectivity index (χ2v) is 6.16. The van der Waals surface area contributed by atoms with Crippen molar-refractivity contribution in [2.45, 2.75) is 33.1 Å². The summed E-state index contributed by atoms with van der Waals surface area (Å²) in [7, 11) is 0. The van der Waals surface area contributed by atoms with Gasteiger partial charge in [0.1, 0.15) is 0 Å². The Bertz CT molecular complexity index is 290. The fourth-order valence-corrected chi connectivity index (χ4v) is 3.27. The molecule has 104 valence electrons. The summed E-state index contributed by atoms with van der Waals surface area (Å²) in [5, 5.41) is 12.5. The van der Waals surface area contributed by atoms with Crippen molar-refractivity contribution in [1.29, 1.82) is 0 Å². The number of hydrogen-bond donors (Lipinski definition) is 2. The van der Waals surface area contributed by atoms with E-state index in [9.17, 15) is 4.79 Å². The van der Waals surface area contributed by atoms with Gasteiger partial charge in [-0.05, 0) is 37.6 Å². The van der Waals surface area contributed by atoms with E-state index >= 15 is 0 Å². The van der Waals surface area contributed by atoms with Crippen LogP contribution in [0.4, 0.5) is 0 Å². The van der Waals surface area contributed by atoms with Crippen molar-refractivity contribution in [1.82, 2.24) is 10.2 Å². The number of amides is 1. The van der Waals surface area contributed by atoms with Gasteiger partial charge in [-0.3, -0.25) is 4.79 Å². The van der Waals surface area contributed by atoms with Gasteiger partial charge in [0.25, 0.3) is 0 Å². The molecule has 2 rings (SSSR count). The minimum atomic E-state index is -0.188. The fraction of sp³-hybridized carbons (Fsp3) is 0.929. The molecule has 2 fully saturated rings. The third kappa shape index (κ3) is 2.41. The summed E-state index contributed by atoms with van der Waals surface area (Å²) in [6, 6.07) is 0. The molecule has 0 spiro atoms. The first-order valence-electron chi connectivity index (χ1n) is 7.21. The second kappa shape index (κ2) is 5.57. The molecular weight excluding hydrogens is 228 g/mol. The normalized spacial score (nSPS) is 30.1. The molecule has 0 aromatic rings. The number of carbonyl (C=O) groups is 1. The van der Waals surface area contributed by atoms with E-state index in [2.05, 4.69) is 19.2 Å². The van der Waals surface area contributed by atoms with Crippen LogP contribution in [0.25, 0.3) is 0 Å². The SMILES string of the molecule is CC(C)C1(C(=O)N2CCC(CO)CC2)CCNC1. The number of hydrogen-bond acceptors (Lipinski definition) is 3. The summed E-state index contributed by atoms with van der Waals surface area (Å²) < 4.78 is 0. The van der Waals surface area contributed by atoms with Crippen LogP contribution >= 0.6 is 0 Å². The van der Waals surface area contributed by atoms with E-state index in [4.69, 9.17) is 5.11 Å². The highest BCUT2D eigenvalue weighted by molar-refractivity contribution is 5.83. The highest BCUT2D eigenvalue weighted by atomic mass is 16.3. The number of aliphatic hydroxyl groups excluding tert-OH is 1. The van der Waals surface area contributed by atoms with E-state index in [-0.39, 0.29) is 12.0 Å². The van der Waals surface area contributed by atoms with Crippen molar-refractivity contribution in [3.8, 4) is 0 Å². The smallest absolute Gasteiger partial charge is 0.230 e. The zero-order valence-corrected chi connectivity index (χ0v) is 11.6. The maximum absolute atomic E-state index is 12.8. The molecule has 4 nitrogen and oxygen atoms in total. The molecule has 1 amide bonds. The lowest BCUT2D eigenvalue weighted by Crippen LogP contribution is -2.50. The van der Waals surface area contributed by atoms with Gasteiger partial charge in [-0.15, -0.1) is 0 Å². The van der Waals surface area contributed by atoms with Gasteiger partial charge in [0.15, 0.2) is 0 Å². The lowest BCUT2D eigenvalue weighted by molar-refractivity contribution is -0.145.